The molecule has 0 saturated carbocycles. The lowest BCUT2D eigenvalue weighted by molar-refractivity contribution is -0.173. The van der Waals surface area contributed by atoms with Crippen LogP contribution in [0.4, 0.5) is 19.0 Å². The van der Waals surface area contributed by atoms with E-state index < -0.39 is 12.8 Å². The minimum atomic E-state index is -4.29. The SMILES string of the molecule is N#Cc1ccc(NCCCOCC(F)(F)F)nn1. The van der Waals surface area contributed by atoms with Gasteiger partial charge < -0.3 is 10.1 Å². The van der Waals surface area contributed by atoms with Crippen molar-refractivity contribution in [3.05, 3.63) is 17.8 Å². The Kier molecular flexibility index (Phi) is 5.32. The van der Waals surface area contributed by atoms with Gasteiger partial charge in [0.05, 0.1) is 0 Å². The third-order valence-electron chi connectivity index (χ3n) is 1.82. The molecular weight excluding hydrogens is 249 g/mol. The van der Waals surface area contributed by atoms with Crippen molar-refractivity contribution in [3.8, 4) is 6.07 Å². The molecule has 0 saturated heterocycles. The first kappa shape index (κ1) is 14.2. The first-order chi connectivity index (χ1) is 8.51. The number of hydrogen-bond donors (Lipinski definition) is 1. The molecule has 5 nitrogen and oxygen atoms in total. The summed E-state index contributed by atoms with van der Waals surface area (Å²) in [5, 5.41) is 18.6. The summed E-state index contributed by atoms with van der Waals surface area (Å²) in [5.74, 6) is 0.463. The zero-order valence-electron chi connectivity index (χ0n) is 9.37. The average molecular weight is 260 g/mol. The fraction of sp³-hybridized carbons (Fsp3) is 0.500. The van der Waals surface area contributed by atoms with E-state index in [1.807, 2.05) is 6.07 Å². The lowest BCUT2D eigenvalue weighted by Crippen LogP contribution is -2.18. The molecule has 1 rings (SSSR count). The molecule has 0 unspecified atom stereocenters. The standard InChI is InChI=1S/C10H11F3N4O/c11-10(12,13)7-18-5-1-4-15-9-3-2-8(6-14)16-17-9/h2-3H,1,4-5,7H2,(H,15,17). The van der Waals surface area contributed by atoms with E-state index >= 15 is 0 Å². The van der Waals surface area contributed by atoms with Crippen LogP contribution >= 0.6 is 0 Å². The maximum Gasteiger partial charge on any atom is 0.411 e. The van der Waals surface area contributed by atoms with Crippen molar-refractivity contribution in [2.45, 2.75) is 12.6 Å². The average Bonchev–Trinajstić information content (AvgIpc) is 2.33. The van der Waals surface area contributed by atoms with E-state index in [0.717, 1.165) is 0 Å². The number of rotatable bonds is 6. The molecule has 0 aliphatic carbocycles. The van der Waals surface area contributed by atoms with Gasteiger partial charge in [0.2, 0.25) is 0 Å². The molecule has 1 N–H and O–H groups in total. The summed E-state index contributed by atoms with van der Waals surface area (Å²) in [4.78, 5) is 0. The maximum atomic E-state index is 11.7. The van der Waals surface area contributed by atoms with Crippen molar-refractivity contribution in [1.29, 1.82) is 5.26 Å². The first-order valence-electron chi connectivity index (χ1n) is 5.13. The lowest BCUT2D eigenvalue weighted by Gasteiger charge is -2.08. The highest BCUT2D eigenvalue weighted by molar-refractivity contribution is 5.34. The van der Waals surface area contributed by atoms with Crippen molar-refractivity contribution in [3.63, 3.8) is 0 Å². The number of aromatic nitrogens is 2. The smallest absolute Gasteiger partial charge is 0.372 e. The highest BCUT2D eigenvalue weighted by Gasteiger charge is 2.27. The van der Waals surface area contributed by atoms with E-state index in [4.69, 9.17) is 5.26 Å². The molecule has 0 atom stereocenters. The monoisotopic (exact) mass is 260 g/mol. The van der Waals surface area contributed by atoms with Gasteiger partial charge >= 0.3 is 6.18 Å². The predicted octanol–water partition coefficient (Wildman–Crippen LogP) is 1.73. The zero-order valence-corrected chi connectivity index (χ0v) is 9.37. The molecule has 0 bridgehead atoms. The third-order valence-corrected chi connectivity index (χ3v) is 1.82. The second-order valence-corrected chi connectivity index (χ2v) is 3.36. The van der Waals surface area contributed by atoms with Gasteiger partial charge in [-0.25, -0.2) is 0 Å². The van der Waals surface area contributed by atoms with Crippen LogP contribution in [-0.2, 0) is 4.74 Å². The second kappa shape index (κ2) is 6.76. The Hall–Kier alpha value is -1.88. The molecule has 0 aliphatic heterocycles. The minimum absolute atomic E-state index is 0.0101. The Morgan fingerprint density at radius 2 is 2.11 bits per heavy atom. The zero-order chi connectivity index (χ0) is 13.4. The Morgan fingerprint density at radius 3 is 2.67 bits per heavy atom. The Balaban J connectivity index is 2.12. The molecule has 0 aliphatic rings. The highest BCUT2D eigenvalue weighted by Crippen LogP contribution is 2.14. The first-order valence-corrected chi connectivity index (χ1v) is 5.13. The molecule has 0 aromatic carbocycles. The van der Waals surface area contributed by atoms with Crippen molar-refractivity contribution in [1.82, 2.24) is 10.2 Å². The molecule has 1 aromatic rings. The fourth-order valence-electron chi connectivity index (χ4n) is 1.06. The van der Waals surface area contributed by atoms with Gasteiger partial charge in [0.25, 0.3) is 0 Å². The summed E-state index contributed by atoms with van der Waals surface area (Å²) < 4.78 is 39.6. The van der Waals surface area contributed by atoms with E-state index in [2.05, 4.69) is 20.3 Å². The van der Waals surface area contributed by atoms with Crippen LogP contribution in [0.2, 0.25) is 0 Å². The summed E-state index contributed by atoms with van der Waals surface area (Å²) in [6, 6.07) is 4.89. The molecular formula is C10H11F3N4O. The number of nitriles is 1. The van der Waals surface area contributed by atoms with E-state index in [0.29, 0.717) is 18.8 Å². The quantitative estimate of drug-likeness (QED) is 0.789. The number of anilines is 1. The molecule has 0 radical (unpaired) electrons. The maximum absolute atomic E-state index is 11.7. The van der Waals surface area contributed by atoms with Gasteiger partial charge in [0, 0.05) is 13.2 Å². The second-order valence-electron chi connectivity index (χ2n) is 3.36. The summed E-state index contributed by atoms with van der Waals surface area (Å²) in [6.07, 6.45) is -3.87. The van der Waals surface area contributed by atoms with Gasteiger partial charge in [0.1, 0.15) is 18.5 Å². The number of ether oxygens (including phenoxy) is 1. The van der Waals surface area contributed by atoms with Crippen LogP contribution < -0.4 is 5.32 Å². The molecule has 1 heterocycles. The van der Waals surface area contributed by atoms with Crippen LogP contribution in [-0.4, -0.2) is 36.1 Å². The van der Waals surface area contributed by atoms with E-state index in [1.165, 1.54) is 6.07 Å². The van der Waals surface area contributed by atoms with Gasteiger partial charge in [-0.1, -0.05) is 0 Å². The van der Waals surface area contributed by atoms with E-state index in [-0.39, 0.29) is 12.3 Å². The van der Waals surface area contributed by atoms with Crippen LogP contribution in [0.25, 0.3) is 0 Å². The van der Waals surface area contributed by atoms with Gasteiger partial charge in [-0.15, -0.1) is 10.2 Å². The normalized spacial score (nSPS) is 11.0. The van der Waals surface area contributed by atoms with Crippen molar-refractivity contribution < 1.29 is 17.9 Å². The molecule has 1 aromatic heterocycles. The number of nitrogens with one attached hydrogen (secondary N) is 1. The Bertz CT molecular complexity index is 399. The van der Waals surface area contributed by atoms with E-state index in [9.17, 15) is 13.2 Å². The molecule has 0 fully saturated rings. The van der Waals surface area contributed by atoms with E-state index in [1.54, 1.807) is 6.07 Å². The highest BCUT2D eigenvalue weighted by atomic mass is 19.4. The van der Waals surface area contributed by atoms with Crippen molar-refractivity contribution in [2.24, 2.45) is 0 Å². The largest absolute Gasteiger partial charge is 0.411 e. The van der Waals surface area contributed by atoms with Gasteiger partial charge in [-0.2, -0.15) is 18.4 Å². The summed E-state index contributed by atoms with van der Waals surface area (Å²) in [5.41, 5.74) is 0.203. The van der Waals surface area contributed by atoms with Crippen LogP contribution in [0.5, 0.6) is 0 Å². The van der Waals surface area contributed by atoms with Crippen molar-refractivity contribution >= 4 is 5.82 Å². The van der Waals surface area contributed by atoms with Crippen LogP contribution in [0.15, 0.2) is 12.1 Å². The fourth-order valence-corrected chi connectivity index (χ4v) is 1.06. The Labute approximate surface area is 102 Å². The Morgan fingerprint density at radius 1 is 1.33 bits per heavy atom. The predicted molar refractivity (Wildman–Crippen MR) is 56.7 cm³/mol. The molecule has 98 valence electrons. The van der Waals surface area contributed by atoms with Gasteiger partial charge in [0.15, 0.2) is 5.69 Å². The summed E-state index contributed by atoms with van der Waals surface area (Å²) in [7, 11) is 0. The molecule has 0 spiro atoms. The van der Waals surface area contributed by atoms with Gasteiger partial charge in [-0.3, -0.25) is 0 Å². The lowest BCUT2D eigenvalue weighted by atomic mass is 10.4. The summed E-state index contributed by atoms with van der Waals surface area (Å²) in [6.45, 7) is -0.807. The number of halogens is 3. The van der Waals surface area contributed by atoms with Crippen molar-refractivity contribution in [2.75, 3.05) is 25.1 Å². The number of hydrogen-bond acceptors (Lipinski definition) is 5. The number of alkyl halides is 3. The van der Waals surface area contributed by atoms with Gasteiger partial charge in [-0.05, 0) is 18.6 Å². The molecule has 0 amide bonds. The van der Waals surface area contributed by atoms with Crippen LogP contribution in [0.1, 0.15) is 12.1 Å². The summed E-state index contributed by atoms with van der Waals surface area (Å²) >= 11 is 0. The minimum Gasteiger partial charge on any atom is -0.372 e. The molecule has 18 heavy (non-hydrogen) atoms. The van der Waals surface area contributed by atoms with Crippen LogP contribution in [0, 0.1) is 11.3 Å². The third kappa shape index (κ3) is 6.00. The van der Waals surface area contributed by atoms with Crippen LogP contribution in [0.3, 0.4) is 0 Å². The topological polar surface area (TPSA) is 70.8 Å². The molecule has 8 heteroatoms. The number of nitrogens with zero attached hydrogens (tertiary/aromatic N) is 3.